The fourth-order valence-electron chi connectivity index (χ4n) is 4.83. The molecule has 1 saturated carbocycles. The first-order chi connectivity index (χ1) is 16.8. The highest BCUT2D eigenvalue weighted by Gasteiger charge is 2.26. The van der Waals surface area contributed by atoms with Gasteiger partial charge in [0.05, 0.1) is 18.0 Å². The van der Waals surface area contributed by atoms with E-state index < -0.39 is 0 Å². The molecule has 4 rings (SSSR count). The third-order valence-electron chi connectivity index (χ3n) is 6.85. The Kier molecular flexibility index (Phi) is 9.74. The number of piperazine rings is 1. The molecule has 1 aliphatic carbocycles. The van der Waals surface area contributed by atoms with E-state index in [1.54, 1.807) is 0 Å². The van der Waals surface area contributed by atoms with E-state index in [0.29, 0.717) is 5.75 Å². The monoisotopic (exact) mass is 484 g/mol. The summed E-state index contributed by atoms with van der Waals surface area (Å²) in [6, 6.07) is 9.62. The molecule has 2 heterocycles. The van der Waals surface area contributed by atoms with Crippen LogP contribution in [0, 0.1) is 0 Å². The van der Waals surface area contributed by atoms with Crippen LogP contribution in [-0.2, 0) is 0 Å². The predicted molar refractivity (Wildman–Crippen MR) is 142 cm³/mol. The lowest BCUT2D eigenvalue weighted by molar-refractivity contribution is 0.205. The molecule has 0 unspecified atom stereocenters. The summed E-state index contributed by atoms with van der Waals surface area (Å²) in [6.07, 6.45) is 14.4. The number of aromatic nitrogens is 2. The molecular weight excluding hydrogens is 444 g/mol. The Balaban J connectivity index is 1.38. The van der Waals surface area contributed by atoms with Crippen LogP contribution < -0.4 is 15.2 Å². The number of para-hydroxylation sites is 1. The summed E-state index contributed by atoms with van der Waals surface area (Å²) in [5, 5.41) is 4.53. The zero-order chi connectivity index (χ0) is 23.6. The number of rotatable bonds is 12. The number of unbranched alkanes of at least 4 members (excludes halogenated alkanes) is 5. The Morgan fingerprint density at radius 1 is 0.971 bits per heavy atom. The number of anilines is 1. The van der Waals surface area contributed by atoms with Gasteiger partial charge in [-0.2, -0.15) is 9.78 Å². The molecule has 0 atom stereocenters. The van der Waals surface area contributed by atoms with Gasteiger partial charge in [-0.3, -0.25) is 4.79 Å². The van der Waals surface area contributed by atoms with Crippen molar-refractivity contribution in [1.29, 1.82) is 0 Å². The Bertz CT molecular complexity index is 922. The van der Waals surface area contributed by atoms with Crippen LogP contribution in [0.4, 0.5) is 5.69 Å². The van der Waals surface area contributed by atoms with E-state index in [9.17, 15) is 4.79 Å². The largest absolute Gasteiger partial charge is 0.483 e. The second-order valence-corrected chi connectivity index (χ2v) is 10.6. The summed E-state index contributed by atoms with van der Waals surface area (Å²) in [7, 11) is 0. The zero-order valence-corrected chi connectivity index (χ0v) is 21.5. The summed E-state index contributed by atoms with van der Waals surface area (Å²) in [4.78, 5) is 15.8. The van der Waals surface area contributed by atoms with Crippen molar-refractivity contribution in [2.24, 2.45) is 0 Å². The Morgan fingerprint density at radius 3 is 2.41 bits per heavy atom. The molecule has 0 amide bonds. The third-order valence-corrected chi connectivity index (χ3v) is 8.05. The summed E-state index contributed by atoms with van der Waals surface area (Å²) in [6.45, 7) is 6.03. The number of nitrogens with zero attached hydrogens (tertiary/aromatic N) is 4. The normalized spacial score (nSPS) is 17.4. The molecule has 2 fully saturated rings. The van der Waals surface area contributed by atoms with Crippen LogP contribution >= 0.6 is 11.9 Å². The molecule has 0 spiro atoms. The van der Waals surface area contributed by atoms with Gasteiger partial charge in [0, 0.05) is 31.9 Å². The van der Waals surface area contributed by atoms with Gasteiger partial charge in [-0.05, 0) is 44.2 Å². The van der Waals surface area contributed by atoms with Gasteiger partial charge in [0.25, 0.3) is 0 Å². The average Bonchev–Trinajstić information content (AvgIpc) is 3.39. The molecule has 2 aromatic rings. The van der Waals surface area contributed by atoms with E-state index in [0.717, 1.165) is 50.4 Å². The third kappa shape index (κ3) is 6.79. The van der Waals surface area contributed by atoms with Gasteiger partial charge >= 0.3 is 5.56 Å². The number of hydrogen-bond acceptors (Lipinski definition) is 6. The van der Waals surface area contributed by atoms with Crippen molar-refractivity contribution in [3.63, 3.8) is 0 Å². The van der Waals surface area contributed by atoms with Gasteiger partial charge in [-0.25, -0.2) is 4.31 Å². The molecule has 1 aromatic heterocycles. The molecule has 2 aliphatic rings. The summed E-state index contributed by atoms with van der Waals surface area (Å²) in [5.41, 5.74) is 1.46. The minimum absolute atomic E-state index is 0.132. The predicted octanol–water partition coefficient (Wildman–Crippen LogP) is 5.68. The van der Waals surface area contributed by atoms with Crippen molar-refractivity contribution in [2.45, 2.75) is 77.2 Å². The fourth-order valence-corrected chi connectivity index (χ4v) is 5.84. The van der Waals surface area contributed by atoms with Gasteiger partial charge < -0.3 is 9.64 Å². The van der Waals surface area contributed by atoms with Crippen molar-refractivity contribution in [3.05, 3.63) is 46.9 Å². The maximum atomic E-state index is 13.5. The SMILES string of the molecule is CCCCCCCCSN1CCN(c2cnn(-c3ccccc3)c(=O)c2OC2CCCC2)CC1. The minimum atomic E-state index is -0.157. The molecule has 0 bridgehead atoms. The van der Waals surface area contributed by atoms with Gasteiger partial charge in [0.2, 0.25) is 5.75 Å². The molecule has 1 aliphatic heterocycles. The van der Waals surface area contributed by atoms with E-state index in [1.807, 2.05) is 48.5 Å². The number of benzene rings is 1. The van der Waals surface area contributed by atoms with Gasteiger partial charge in [-0.15, -0.1) is 0 Å². The summed E-state index contributed by atoms with van der Waals surface area (Å²) in [5.74, 6) is 1.68. The highest BCUT2D eigenvalue weighted by atomic mass is 32.2. The van der Waals surface area contributed by atoms with E-state index >= 15 is 0 Å². The first kappa shape index (κ1) is 25.1. The van der Waals surface area contributed by atoms with Crippen LogP contribution in [0.1, 0.15) is 71.1 Å². The van der Waals surface area contributed by atoms with Gasteiger partial charge in [0.1, 0.15) is 5.69 Å². The fraction of sp³-hybridized carbons (Fsp3) is 0.630. The topological polar surface area (TPSA) is 50.6 Å². The standard InChI is InChI=1S/C27H40N4O2S/c1-2-3-4-5-6-12-21-34-30-19-17-29(18-20-30)25-22-28-31(23-13-8-7-9-14-23)27(32)26(25)33-24-15-10-11-16-24/h7-9,13-14,22,24H,2-6,10-12,15-21H2,1H3. The molecule has 34 heavy (non-hydrogen) atoms. The number of hydrogen-bond donors (Lipinski definition) is 0. The van der Waals surface area contributed by atoms with E-state index in [4.69, 9.17) is 4.74 Å². The first-order valence-corrected chi connectivity index (χ1v) is 14.2. The molecular formula is C27H40N4O2S. The van der Waals surface area contributed by atoms with Crippen LogP contribution in [0.3, 0.4) is 0 Å². The molecule has 7 heteroatoms. The molecule has 0 radical (unpaired) electrons. The highest BCUT2D eigenvalue weighted by Crippen LogP contribution is 2.30. The lowest BCUT2D eigenvalue weighted by Gasteiger charge is -2.36. The minimum Gasteiger partial charge on any atom is -0.483 e. The number of ether oxygens (including phenoxy) is 1. The van der Waals surface area contributed by atoms with Crippen molar-refractivity contribution in [2.75, 3.05) is 36.8 Å². The summed E-state index contributed by atoms with van der Waals surface area (Å²) >= 11 is 1.99. The van der Waals surface area contributed by atoms with Crippen molar-refractivity contribution in [3.8, 4) is 11.4 Å². The average molecular weight is 485 g/mol. The molecule has 1 saturated heterocycles. The molecule has 0 N–H and O–H groups in total. The molecule has 1 aromatic carbocycles. The van der Waals surface area contributed by atoms with E-state index in [1.165, 1.54) is 61.8 Å². The quantitative estimate of drug-likeness (QED) is 0.285. The van der Waals surface area contributed by atoms with Gasteiger partial charge in [0.15, 0.2) is 0 Å². The van der Waals surface area contributed by atoms with Crippen LogP contribution in [0.15, 0.2) is 41.3 Å². The van der Waals surface area contributed by atoms with Crippen molar-refractivity contribution in [1.82, 2.24) is 14.1 Å². The lowest BCUT2D eigenvalue weighted by atomic mass is 10.1. The van der Waals surface area contributed by atoms with Crippen LogP contribution in [0.5, 0.6) is 5.75 Å². The van der Waals surface area contributed by atoms with Crippen LogP contribution in [0.25, 0.3) is 5.69 Å². The van der Waals surface area contributed by atoms with E-state index in [2.05, 4.69) is 21.2 Å². The second kappa shape index (κ2) is 13.2. The van der Waals surface area contributed by atoms with Crippen LogP contribution in [-0.4, -0.2) is 52.1 Å². The smallest absolute Gasteiger partial charge is 0.316 e. The Hall–Kier alpha value is -1.99. The van der Waals surface area contributed by atoms with Gasteiger partial charge in [-0.1, -0.05) is 69.2 Å². The maximum Gasteiger partial charge on any atom is 0.316 e. The molecule has 6 nitrogen and oxygen atoms in total. The lowest BCUT2D eigenvalue weighted by Crippen LogP contribution is -2.44. The zero-order valence-electron chi connectivity index (χ0n) is 20.7. The highest BCUT2D eigenvalue weighted by molar-refractivity contribution is 7.97. The van der Waals surface area contributed by atoms with Crippen molar-refractivity contribution >= 4 is 17.6 Å². The second-order valence-electron chi connectivity index (χ2n) is 9.45. The van der Waals surface area contributed by atoms with Crippen molar-refractivity contribution < 1.29 is 4.74 Å². The maximum absolute atomic E-state index is 13.5. The Labute approximate surface area is 208 Å². The Morgan fingerprint density at radius 2 is 1.68 bits per heavy atom. The van der Waals surface area contributed by atoms with Crippen LogP contribution in [0.2, 0.25) is 0 Å². The molecule has 186 valence electrons. The first-order valence-electron chi connectivity index (χ1n) is 13.2. The van der Waals surface area contributed by atoms with E-state index in [-0.39, 0.29) is 11.7 Å². The summed E-state index contributed by atoms with van der Waals surface area (Å²) < 4.78 is 10.3.